The van der Waals surface area contributed by atoms with E-state index < -0.39 is 10.7 Å². The SMILES string of the molecule is C=CC(=C)C(=C)S/C(CC)=C(/C)Oc1ccc([N+](=O)[O-])cc1F.CC. The standard InChI is InChI=1S/C17H18FNO3S.C2H6/c1-6-11(3)13(5)23-17(7-2)12(4)22-16-9-8-14(19(20)21)10-15(16)18;1-2/h6,8-10H,1,3,5,7H2,2,4H3;1-2H3/b17-12-;. The topological polar surface area (TPSA) is 52.4 Å². The van der Waals surface area contributed by atoms with Gasteiger partial charge in [0.1, 0.15) is 5.76 Å². The molecule has 1 aromatic rings. The third-order valence-electron chi connectivity index (χ3n) is 2.95. The van der Waals surface area contributed by atoms with Crippen LogP contribution in [0.5, 0.6) is 5.75 Å². The number of nitrogens with zero attached hydrogens (tertiary/aromatic N) is 1. The maximum Gasteiger partial charge on any atom is 0.272 e. The molecule has 0 fully saturated rings. The van der Waals surface area contributed by atoms with Crippen molar-refractivity contribution in [3.8, 4) is 5.75 Å². The van der Waals surface area contributed by atoms with Crippen LogP contribution in [0.3, 0.4) is 0 Å². The van der Waals surface area contributed by atoms with Crippen LogP contribution < -0.4 is 4.74 Å². The van der Waals surface area contributed by atoms with Gasteiger partial charge in [0.05, 0.1) is 11.0 Å². The van der Waals surface area contributed by atoms with Gasteiger partial charge >= 0.3 is 0 Å². The summed E-state index contributed by atoms with van der Waals surface area (Å²) in [4.78, 5) is 11.5. The van der Waals surface area contributed by atoms with Crippen LogP contribution in [-0.2, 0) is 0 Å². The van der Waals surface area contributed by atoms with E-state index in [2.05, 4.69) is 19.7 Å². The summed E-state index contributed by atoms with van der Waals surface area (Å²) in [5.41, 5.74) is 0.382. The summed E-state index contributed by atoms with van der Waals surface area (Å²) in [6, 6.07) is 3.27. The van der Waals surface area contributed by atoms with Crippen molar-refractivity contribution in [3.05, 3.63) is 81.1 Å². The third-order valence-corrected chi connectivity index (χ3v) is 4.29. The minimum Gasteiger partial charge on any atom is -0.458 e. The average Bonchev–Trinajstić information content (AvgIpc) is 2.61. The quantitative estimate of drug-likeness (QED) is 0.221. The smallest absolute Gasteiger partial charge is 0.272 e. The molecule has 0 aliphatic rings. The average molecular weight is 365 g/mol. The molecule has 0 aliphatic carbocycles. The first-order chi connectivity index (χ1) is 11.8. The van der Waals surface area contributed by atoms with Crippen molar-refractivity contribution in [2.45, 2.75) is 34.1 Å². The number of hydrogen-bond acceptors (Lipinski definition) is 4. The van der Waals surface area contributed by atoms with Crippen molar-refractivity contribution in [1.29, 1.82) is 0 Å². The molecule has 6 heteroatoms. The van der Waals surface area contributed by atoms with Crippen LogP contribution >= 0.6 is 11.8 Å². The van der Waals surface area contributed by atoms with Crippen molar-refractivity contribution in [1.82, 2.24) is 0 Å². The van der Waals surface area contributed by atoms with Crippen molar-refractivity contribution < 1.29 is 14.1 Å². The van der Waals surface area contributed by atoms with Crippen molar-refractivity contribution in [2.24, 2.45) is 0 Å². The molecule has 0 aromatic heterocycles. The van der Waals surface area contributed by atoms with Gasteiger partial charge < -0.3 is 4.74 Å². The second-order valence-corrected chi connectivity index (χ2v) is 5.75. The molecule has 0 bridgehead atoms. The molecule has 0 radical (unpaired) electrons. The van der Waals surface area contributed by atoms with E-state index in [1.54, 1.807) is 13.0 Å². The van der Waals surface area contributed by atoms with E-state index in [4.69, 9.17) is 4.74 Å². The monoisotopic (exact) mass is 365 g/mol. The Labute approximate surface area is 152 Å². The van der Waals surface area contributed by atoms with E-state index in [9.17, 15) is 14.5 Å². The molecule has 136 valence electrons. The van der Waals surface area contributed by atoms with Gasteiger partial charge in [-0.25, -0.2) is 4.39 Å². The fourth-order valence-corrected chi connectivity index (χ4v) is 2.47. The molecule has 0 N–H and O–H groups in total. The Morgan fingerprint density at radius 1 is 1.40 bits per heavy atom. The Balaban J connectivity index is 0.00000277. The number of hydrogen-bond donors (Lipinski definition) is 0. The minimum atomic E-state index is -0.784. The predicted octanol–water partition coefficient (Wildman–Crippen LogP) is 6.77. The fourth-order valence-electron chi connectivity index (χ4n) is 1.63. The molecule has 1 aromatic carbocycles. The fraction of sp³-hybridized carbons (Fsp3) is 0.263. The van der Waals surface area contributed by atoms with Crippen LogP contribution in [0.25, 0.3) is 0 Å². The van der Waals surface area contributed by atoms with Gasteiger partial charge in [0, 0.05) is 15.9 Å². The normalized spacial score (nSPS) is 10.8. The Kier molecular flexibility index (Phi) is 10.2. The van der Waals surface area contributed by atoms with Gasteiger partial charge in [0.15, 0.2) is 11.6 Å². The highest BCUT2D eigenvalue weighted by Crippen LogP contribution is 2.34. The highest BCUT2D eigenvalue weighted by atomic mass is 32.2. The molecular formula is C19H24FNO3S. The number of allylic oxidation sites excluding steroid dienone is 4. The molecule has 0 saturated heterocycles. The van der Waals surface area contributed by atoms with E-state index in [1.165, 1.54) is 23.9 Å². The van der Waals surface area contributed by atoms with Gasteiger partial charge in [0.2, 0.25) is 0 Å². The van der Waals surface area contributed by atoms with Crippen LogP contribution in [0.4, 0.5) is 10.1 Å². The van der Waals surface area contributed by atoms with Gasteiger partial charge in [-0.1, -0.05) is 58.3 Å². The predicted molar refractivity (Wildman–Crippen MR) is 104 cm³/mol. The summed E-state index contributed by atoms with van der Waals surface area (Å²) in [5, 5.41) is 10.6. The molecular weight excluding hydrogens is 341 g/mol. The number of nitro groups is 1. The second kappa shape index (κ2) is 11.3. The highest BCUT2D eigenvalue weighted by Gasteiger charge is 2.14. The summed E-state index contributed by atoms with van der Waals surface area (Å²) < 4.78 is 19.4. The zero-order valence-corrected chi connectivity index (χ0v) is 15.9. The van der Waals surface area contributed by atoms with Crippen molar-refractivity contribution >= 4 is 17.4 Å². The maximum atomic E-state index is 13.9. The van der Waals surface area contributed by atoms with Crippen LogP contribution in [0.1, 0.15) is 34.1 Å². The Hall–Kier alpha value is -2.34. The van der Waals surface area contributed by atoms with Gasteiger partial charge in [-0.3, -0.25) is 10.1 Å². The minimum absolute atomic E-state index is 0.0622. The summed E-state index contributed by atoms with van der Waals surface area (Å²) in [7, 11) is 0. The van der Waals surface area contributed by atoms with Gasteiger partial charge in [-0.2, -0.15) is 0 Å². The Morgan fingerprint density at radius 2 is 2.00 bits per heavy atom. The molecule has 0 saturated carbocycles. The van der Waals surface area contributed by atoms with Gasteiger partial charge in [-0.15, -0.1) is 0 Å². The van der Waals surface area contributed by atoms with Crippen molar-refractivity contribution in [2.75, 3.05) is 0 Å². The first-order valence-electron chi connectivity index (χ1n) is 7.80. The van der Waals surface area contributed by atoms with Gasteiger partial charge in [0.25, 0.3) is 5.69 Å². The van der Waals surface area contributed by atoms with Gasteiger partial charge in [-0.05, 0) is 25.0 Å². The molecule has 0 unspecified atom stereocenters. The first-order valence-corrected chi connectivity index (χ1v) is 8.61. The van der Waals surface area contributed by atoms with E-state index in [1.807, 2.05) is 20.8 Å². The lowest BCUT2D eigenvalue weighted by Gasteiger charge is -2.13. The summed E-state index contributed by atoms with van der Waals surface area (Å²) in [6.45, 7) is 19.0. The van der Waals surface area contributed by atoms with E-state index in [-0.39, 0.29) is 11.4 Å². The molecule has 0 spiro atoms. The third kappa shape index (κ3) is 6.97. The number of ether oxygens (including phenoxy) is 1. The Morgan fingerprint density at radius 3 is 2.44 bits per heavy atom. The molecule has 0 amide bonds. The second-order valence-electron chi connectivity index (χ2n) is 4.56. The van der Waals surface area contributed by atoms with Crippen molar-refractivity contribution in [3.63, 3.8) is 0 Å². The zero-order chi connectivity index (χ0) is 19.6. The lowest BCUT2D eigenvalue weighted by atomic mass is 10.3. The van der Waals surface area contributed by atoms with Crippen LogP contribution in [-0.4, -0.2) is 4.92 Å². The first kappa shape index (κ1) is 22.7. The molecule has 4 nitrogen and oxygen atoms in total. The van der Waals surface area contributed by atoms with E-state index in [0.29, 0.717) is 17.8 Å². The number of thioether (sulfide) groups is 1. The number of nitro benzene ring substituents is 1. The van der Waals surface area contributed by atoms with Crippen LogP contribution in [0.15, 0.2) is 65.2 Å². The Bertz CT molecular complexity index is 696. The zero-order valence-electron chi connectivity index (χ0n) is 15.1. The molecule has 0 atom stereocenters. The molecule has 1 rings (SSSR count). The van der Waals surface area contributed by atoms with Crippen LogP contribution in [0.2, 0.25) is 0 Å². The van der Waals surface area contributed by atoms with E-state index >= 15 is 0 Å². The lowest BCUT2D eigenvalue weighted by molar-refractivity contribution is -0.385. The summed E-state index contributed by atoms with van der Waals surface area (Å²) in [5.74, 6) is -0.343. The van der Waals surface area contributed by atoms with Crippen LogP contribution in [0, 0.1) is 15.9 Å². The maximum absolute atomic E-state index is 13.9. The largest absolute Gasteiger partial charge is 0.458 e. The number of halogens is 1. The molecule has 0 aliphatic heterocycles. The number of benzene rings is 1. The summed E-state index contributed by atoms with van der Waals surface area (Å²) in [6.07, 6.45) is 2.27. The number of rotatable bonds is 8. The summed E-state index contributed by atoms with van der Waals surface area (Å²) >= 11 is 1.38. The number of non-ortho nitro benzene ring substituents is 1. The highest BCUT2D eigenvalue weighted by molar-refractivity contribution is 8.06. The van der Waals surface area contributed by atoms with E-state index in [0.717, 1.165) is 15.9 Å². The molecule has 25 heavy (non-hydrogen) atoms. The lowest BCUT2D eigenvalue weighted by Crippen LogP contribution is -1.98. The molecule has 0 heterocycles.